The van der Waals surface area contributed by atoms with E-state index in [2.05, 4.69) is 29.6 Å². The fourth-order valence-corrected chi connectivity index (χ4v) is 4.45. The fourth-order valence-electron chi connectivity index (χ4n) is 4.45. The topological polar surface area (TPSA) is 77.5 Å². The Bertz CT molecular complexity index is 1190. The van der Waals surface area contributed by atoms with Gasteiger partial charge in [0.25, 0.3) is 0 Å². The molecule has 4 aromatic rings. The molecule has 0 radical (unpaired) electrons. The highest BCUT2D eigenvalue weighted by molar-refractivity contribution is 5.64. The first-order valence-electron chi connectivity index (χ1n) is 9.96. The minimum absolute atomic E-state index is 0.219. The highest BCUT2D eigenvalue weighted by atomic mass is 15.4. The van der Waals surface area contributed by atoms with Crippen molar-refractivity contribution in [1.82, 2.24) is 34.3 Å². The third-order valence-corrected chi connectivity index (χ3v) is 5.79. The fraction of sp³-hybridized carbons (Fsp3) is 0.286. The molecule has 29 heavy (non-hydrogen) atoms. The molecule has 3 aromatic heterocycles. The Morgan fingerprint density at radius 2 is 1.93 bits per heavy atom. The van der Waals surface area contributed by atoms with Gasteiger partial charge in [0.2, 0.25) is 5.95 Å². The summed E-state index contributed by atoms with van der Waals surface area (Å²) >= 11 is 0. The Morgan fingerprint density at radius 3 is 2.83 bits per heavy atom. The second-order valence-electron chi connectivity index (χ2n) is 7.51. The van der Waals surface area contributed by atoms with Crippen LogP contribution in [-0.2, 0) is 0 Å². The lowest BCUT2D eigenvalue weighted by Crippen LogP contribution is -2.39. The van der Waals surface area contributed by atoms with Crippen LogP contribution in [0.5, 0.6) is 0 Å². The number of aromatic nitrogens is 7. The van der Waals surface area contributed by atoms with Gasteiger partial charge in [-0.1, -0.05) is 30.3 Å². The van der Waals surface area contributed by atoms with Crippen molar-refractivity contribution in [2.24, 2.45) is 0 Å². The quantitative estimate of drug-likeness (QED) is 0.528. The van der Waals surface area contributed by atoms with Crippen LogP contribution in [0.4, 0.5) is 5.82 Å². The molecule has 0 bridgehead atoms. The summed E-state index contributed by atoms with van der Waals surface area (Å²) in [6.07, 6.45) is 9.00. The SMILES string of the molecule is Cc1nnc2n1-c1cnc(-n3ccnc3-c3ccccc3)nc1N1CCCCC21. The highest BCUT2D eigenvalue weighted by Gasteiger charge is 2.37. The van der Waals surface area contributed by atoms with Gasteiger partial charge in [-0.3, -0.25) is 9.13 Å². The van der Waals surface area contributed by atoms with Gasteiger partial charge in [0.15, 0.2) is 11.6 Å². The van der Waals surface area contributed by atoms with Crippen LogP contribution in [0.1, 0.15) is 37.0 Å². The predicted molar refractivity (Wildman–Crippen MR) is 108 cm³/mol. The lowest BCUT2D eigenvalue weighted by Gasteiger charge is -2.40. The third kappa shape index (κ3) is 2.41. The number of nitrogens with zero attached hydrogens (tertiary/aromatic N) is 8. The van der Waals surface area contributed by atoms with Crippen LogP contribution in [0, 0.1) is 6.92 Å². The number of anilines is 1. The Labute approximate surface area is 167 Å². The second-order valence-corrected chi connectivity index (χ2v) is 7.51. The number of rotatable bonds is 2. The molecule has 8 nitrogen and oxygen atoms in total. The number of fused-ring (bicyclic) bond motifs is 6. The molecule has 0 saturated carbocycles. The van der Waals surface area contributed by atoms with Gasteiger partial charge in [-0.15, -0.1) is 10.2 Å². The lowest BCUT2D eigenvalue weighted by atomic mass is 9.99. The smallest absolute Gasteiger partial charge is 0.237 e. The van der Waals surface area contributed by atoms with Crippen molar-refractivity contribution >= 4 is 5.82 Å². The normalized spacial score (nSPS) is 17.6. The van der Waals surface area contributed by atoms with Crippen LogP contribution in [0.25, 0.3) is 23.0 Å². The molecule has 0 amide bonds. The second kappa shape index (κ2) is 6.23. The average molecular weight is 384 g/mol. The molecule has 5 heterocycles. The average Bonchev–Trinajstić information content (AvgIpc) is 3.42. The Kier molecular flexibility index (Phi) is 3.53. The summed E-state index contributed by atoms with van der Waals surface area (Å²) < 4.78 is 4.06. The van der Waals surface area contributed by atoms with Gasteiger partial charge < -0.3 is 4.90 Å². The first kappa shape index (κ1) is 16.4. The minimum Gasteiger partial charge on any atom is -0.344 e. The van der Waals surface area contributed by atoms with E-state index in [0.29, 0.717) is 5.95 Å². The van der Waals surface area contributed by atoms with Crippen LogP contribution in [0.2, 0.25) is 0 Å². The predicted octanol–water partition coefficient (Wildman–Crippen LogP) is 3.26. The molecule has 2 aliphatic heterocycles. The number of hydrogen-bond donors (Lipinski definition) is 0. The summed E-state index contributed by atoms with van der Waals surface area (Å²) in [5, 5.41) is 8.80. The number of hydrogen-bond acceptors (Lipinski definition) is 6. The van der Waals surface area contributed by atoms with Crippen LogP contribution in [0.3, 0.4) is 0 Å². The van der Waals surface area contributed by atoms with E-state index in [9.17, 15) is 0 Å². The molecule has 8 heteroatoms. The van der Waals surface area contributed by atoms with E-state index in [1.54, 1.807) is 6.20 Å². The Hall–Kier alpha value is -3.55. The Morgan fingerprint density at radius 1 is 1.03 bits per heavy atom. The maximum absolute atomic E-state index is 5.01. The van der Waals surface area contributed by atoms with Gasteiger partial charge in [0.05, 0.1) is 12.2 Å². The van der Waals surface area contributed by atoms with Gasteiger partial charge >= 0.3 is 0 Å². The maximum atomic E-state index is 5.01. The van der Waals surface area contributed by atoms with Gasteiger partial charge in [0.1, 0.15) is 17.3 Å². The van der Waals surface area contributed by atoms with E-state index in [4.69, 9.17) is 4.98 Å². The van der Waals surface area contributed by atoms with Gasteiger partial charge in [-0.2, -0.15) is 4.98 Å². The molecule has 0 spiro atoms. The molecular formula is C21H20N8. The maximum Gasteiger partial charge on any atom is 0.237 e. The summed E-state index contributed by atoms with van der Waals surface area (Å²) in [5.74, 6) is 4.27. The number of benzene rings is 1. The zero-order chi connectivity index (χ0) is 19.4. The van der Waals surface area contributed by atoms with Crippen molar-refractivity contribution in [3.63, 3.8) is 0 Å². The van der Waals surface area contributed by atoms with E-state index in [-0.39, 0.29) is 6.04 Å². The number of imidazole rings is 1. The Balaban J connectivity index is 1.52. The molecular weight excluding hydrogens is 364 g/mol. The van der Waals surface area contributed by atoms with Gasteiger partial charge in [0, 0.05) is 24.5 Å². The standard InChI is InChI=1S/C21H20N8/c1-14-25-26-20-16-9-5-6-11-27(16)19-17(29(14)20)13-23-21(24-19)28-12-10-22-18(28)15-7-3-2-4-8-15/h2-4,7-8,10,12-13,16H,5-6,9,11H2,1H3. The van der Waals surface area contributed by atoms with Crippen molar-refractivity contribution < 1.29 is 0 Å². The van der Waals surface area contributed by atoms with E-state index in [0.717, 1.165) is 53.9 Å². The largest absolute Gasteiger partial charge is 0.344 e. The number of aryl methyl sites for hydroxylation is 1. The van der Waals surface area contributed by atoms with Crippen LogP contribution < -0.4 is 4.90 Å². The molecule has 0 aliphatic carbocycles. The van der Waals surface area contributed by atoms with E-state index in [1.807, 2.05) is 54.2 Å². The first-order chi connectivity index (χ1) is 14.3. The van der Waals surface area contributed by atoms with E-state index < -0.39 is 0 Å². The molecule has 1 saturated heterocycles. The van der Waals surface area contributed by atoms with Crippen molar-refractivity contribution in [1.29, 1.82) is 0 Å². The van der Waals surface area contributed by atoms with Gasteiger partial charge in [-0.25, -0.2) is 9.97 Å². The number of piperidine rings is 1. The zero-order valence-electron chi connectivity index (χ0n) is 16.1. The molecule has 144 valence electrons. The van der Waals surface area contributed by atoms with Crippen molar-refractivity contribution in [3.05, 3.63) is 60.6 Å². The van der Waals surface area contributed by atoms with Crippen molar-refractivity contribution in [2.45, 2.75) is 32.2 Å². The molecule has 1 fully saturated rings. The van der Waals surface area contributed by atoms with Crippen molar-refractivity contribution in [2.75, 3.05) is 11.4 Å². The first-order valence-corrected chi connectivity index (χ1v) is 9.96. The summed E-state index contributed by atoms with van der Waals surface area (Å²) in [6.45, 7) is 2.95. The van der Waals surface area contributed by atoms with E-state index in [1.165, 1.54) is 6.42 Å². The summed E-state index contributed by atoms with van der Waals surface area (Å²) in [7, 11) is 0. The molecule has 1 unspecified atom stereocenters. The van der Waals surface area contributed by atoms with Crippen LogP contribution >= 0.6 is 0 Å². The van der Waals surface area contributed by atoms with Gasteiger partial charge in [-0.05, 0) is 26.2 Å². The monoisotopic (exact) mass is 384 g/mol. The van der Waals surface area contributed by atoms with E-state index >= 15 is 0 Å². The molecule has 0 N–H and O–H groups in total. The molecule has 2 aliphatic rings. The summed E-state index contributed by atoms with van der Waals surface area (Å²) in [5.41, 5.74) is 1.98. The molecule has 6 rings (SSSR count). The summed E-state index contributed by atoms with van der Waals surface area (Å²) in [4.78, 5) is 16.6. The van der Waals surface area contributed by atoms with Crippen LogP contribution in [0.15, 0.2) is 48.9 Å². The zero-order valence-corrected chi connectivity index (χ0v) is 16.1. The lowest BCUT2D eigenvalue weighted by molar-refractivity contribution is 0.436. The van der Waals surface area contributed by atoms with Crippen LogP contribution in [-0.4, -0.2) is 40.8 Å². The van der Waals surface area contributed by atoms with Crippen molar-refractivity contribution in [3.8, 4) is 23.0 Å². The summed E-state index contributed by atoms with van der Waals surface area (Å²) in [6, 6.07) is 10.3. The minimum atomic E-state index is 0.219. The highest BCUT2D eigenvalue weighted by Crippen LogP contribution is 2.41. The molecule has 1 aromatic carbocycles. The third-order valence-electron chi connectivity index (χ3n) is 5.79. The molecule has 1 atom stereocenters.